The number of thiazole rings is 1. The Balaban J connectivity index is 1.96. The van der Waals surface area contributed by atoms with Crippen molar-refractivity contribution in [2.75, 3.05) is 11.9 Å². The zero-order valence-electron chi connectivity index (χ0n) is 11.8. The Bertz CT molecular complexity index is 520. The zero-order chi connectivity index (χ0) is 13.8. The van der Waals surface area contributed by atoms with E-state index in [-0.39, 0.29) is 0 Å². The van der Waals surface area contributed by atoms with E-state index >= 15 is 0 Å². The minimum atomic E-state index is 0.442. The van der Waals surface area contributed by atoms with Crippen LogP contribution in [0.2, 0.25) is 0 Å². The maximum absolute atomic E-state index is 5.51. The van der Waals surface area contributed by atoms with E-state index in [1.165, 1.54) is 4.88 Å². The fourth-order valence-corrected chi connectivity index (χ4v) is 2.45. The summed E-state index contributed by atoms with van der Waals surface area (Å²) in [6, 6.07) is 1.09. The van der Waals surface area contributed by atoms with Crippen LogP contribution in [0.4, 0.5) is 6.01 Å². The molecule has 2 aromatic rings. The van der Waals surface area contributed by atoms with Crippen molar-refractivity contribution in [1.29, 1.82) is 0 Å². The molecule has 2 heterocycles. The maximum atomic E-state index is 5.51. The molecule has 0 atom stereocenters. The van der Waals surface area contributed by atoms with Crippen LogP contribution in [-0.4, -0.2) is 23.1 Å². The molecule has 1 N–H and O–H groups in total. The average molecular weight is 280 g/mol. The Hall–Kier alpha value is -1.40. The van der Waals surface area contributed by atoms with Crippen LogP contribution in [0.3, 0.4) is 0 Å². The largest absolute Gasteiger partial charge is 0.432 e. The predicted molar refractivity (Wildman–Crippen MR) is 77.4 cm³/mol. The number of nitrogens with zero attached hydrogens (tertiary/aromatic N) is 3. The SMILES string of the molecule is Cc1ncsc1CN(C)c1nc(CNC(C)C)co1. The lowest BCUT2D eigenvalue weighted by Crippen LogP contribution is -2.22. The monoisotopic (exact) mass is 280 g/mol. The molecule has 0 amide bonds. The first kappa shape index (κ1) is 14.0. The number of nitrogens with one attached hydrogen (secondary N) is 1. The lowest BCUT2D eigenvalue weighted by atomic mass is 10.3. The maximum Gasteiger partial charge on any atom is 0.297 e. The van der Waals surface area contributed by atoms with Crippen LogP contribution in [0, 0.1) is 6.92 Å². The van der Waals surface area contributed by atoms with Crippen LogP contribution < -0.4 is 10.2 Å². The van der Waals surface area contributed by atoms with Gasteiger partial charge in [-0.25, -0.2) is 4.98 Å². The van der Waals surface area contributed by atoms with Crippen LogP contribution in [0.5, 0.6) is 0 Å². The number of hydrogen-bond donors (Lipinski definition) is 1. The van der Waals surface area contributed by atoms with Gasteiger partial charge in [-0.15, -0.1) is 11.3 Å². The van der Waals surface area contributed by atoms with Gasteiger partial charge in [-0.2, -0.15) is 4.98 Å². The van der Waals surface area contributed by atoms with Crippen LogP contribution in [0.25, 0.3) is 0 Å². The van der Waals surface area contributed by atoms with Gasteiger partial charge < -0.3 is 14.6 Å². The van der Waals surface area contributed by atoms with Crippen molar-refractivity contribution in [2.45, 2.75) is 39.9 Å². The molecule has 6 heteroatoms. The van der Waals surface area contributed by atoms with Gasteiger partial charge in [-0.1, -0.05) is 13.8 Å². The van der Waals surface area contributed by atoms with E-state index in [4.69, 9.17) is 4.42 Å². The van der Waals surface area contributed by atoms with Crippen LogP contribution in [0.1, 0.15) is 30.1 Å². The van der Waals surface area contributed by atoms with Crippen LogP contribution >= 0.6 is 11.3 Å². The van der Waals surface area contributed by atoms with Gasteiger partial charge in [0.25, 0.3) is 6.01 Å². The van der Waals surface area contributed by atoms with Gasteiger partial charge in [0.15, 0.2) is 0 Å². The molecule has 0 bridgehead atoms. The third kappa shape index (κ3) is 3.78. The molecule has 0 radical (unpaired) electrons. The van der Waals surface area contributed by atoms with E-state index in [1.807, 2.05) is 24.4 Å². The van der Waals surface area contributed by atoms with Crippen molar-refractivity contribution in [3.8, 4) is 0 Å². The second-order valence-corrected chi connectivity index (χ2v) is 5.81. The summed E-state index contributed by atoms with van der Waals surface area (Å²) in [5, 5.41) is 3.32. The Morgan fingerprint density at radius 1 is 1.47 bits per heavy atom. The van der Waals surface area contributed by atoms with E-state index in [0.29, 0.717) is 12.1 Å². The van der Waals surface area contributed by atoms with E-state index in [1.54, 1.807) is 17.6 Å². The summed E-state index contributed by atoms with van der Waals surface area (Å²) in [7, 11) is 1.98. The number of oxazole rings is 1. The fourth-order valence-electron chi connectivity index (χ4n) is 1.62. The van der Waals surface area contributed by atoms with Gasteiger partial charge in [0, 0.05) is 24.5 Å². The van der Waals surface area contributed by atoms with Gasteiger partial charge in [0.1, 0.15) is 6.26 Å². The highest BCUT2D eigenvalue weighted by Crippen LogP contribution is 2.19. The van der Waals surface area contributed by atoms with Crippen LogP contribution in [-0.2, 0) is 13.1 Å². The van der Waals surface area contributed by atoms with Crippen LogP contribution in [0.15, 0.2) is 16.2 Å². The summed E-state index contributed by atoms with van der Waals surface area (Å²) in [5.41, 5.74) is 3.87. The molecule has 0 aliphatic carbocycles. The van der Waals surface area contributed by atoms with E-state index < -0.39 is 0 Å². The van der Waals surface area contributed by atoms with Gasteiger partial charge in [0.05, 0.1) is 23.4 Å². The summed E-state index contributed by atoms with van der Waals surface area (Å²) in [6.45, 7) is 7.75. The molecule has 104 valence electrons. The number of aromatic nitrogens is 2. The molecular weight excluding hydrogens is 260 g/mol. The molecule has 0 saturated heterocycles. The molecule has 0 fully saturated rings. The predicted octanol–water partition coefficient (Wildman–Crippen LogP) is 2.57. The summed E-state index contributed by atoms with van der Waals surface area (Å²) >= 11 is 1.66. The van der Waals surface area contributed by atoms with Gasteiger partial charge >= 0.3 is 0 Å². The fraction of sp³-hybridized carbons (Fsp3) is 0.538. The lowest BCUT2D eigenvalue weighted by molar-refractivity contribution is 0.540. The normalized spacial score (nSPS) is 11.2. The summed E-state index contributed by atoms with van der Waals surface area (Å²) in [6.07, 6.45) is 1.71. The second-order valence-electron chi connectivity index (χ2n) is 4.87. The smallest absolute Gasteiger partial charge is 0.297 e. The summed E-state index contributed by atoms with van der Waals surface area (Å²) < 4.78 is 5.51. The third-order valence-electron chi connectivity index (χ3n) is 2.78. The third-order valence-corrected chi connectivity index (χ3v) is 3.70. The number of aryl methyl sites for hydroxylation is 1. The quantitative estimate of drug-likeness (QED) is 0.881. The average Bonchev–Trinajstić information content (AvgIpc) is 2.97. The molecule has 0 spiro atoms. The highest BCUT2D eigenvalue weighted by atomic mass is 32.1. The topological polar surface area (TPSA) is 54.2 Å². The lowest BCUT2D eigenvalue weighted by Gasteiger charge is -2.13. The Kier molecular flexibility index (Phi) is 4.55. The molecular formula is C13H20N4OS. The number of hydrogen-bond acceptors (Lipinski definition) is 6. The molecule has 5 nitrogen and oxygen atoms in total. The first-order chi connectivity index (χ1) is 9.06. The van der Waals surface area contributed by atoms with Crippen molar-refractivity contribution < 1.29 is 4.42 Å². The van der Waals surface area contributed by atoms with Crippen molar-refractivity contribution in [1.82, 2.24) is 15.3 Å². The molecule has 0 aliphatic heterocycles. The number of rotatable bonds is 6. The summed E-state index contributed by atoms with van der Waals surface area (Å²) in [5.74, 6) is 0. The standard InChI is InChI=1S/C13H20N4OS/c1-9(2)14-5-11-7-18-13(16-11)17(4)6-12-10(3)15-8-19-12/h7-9,14H,5-6H2,1-4H3. The highest BCUT2D eigenvalue weighted by Gasteiger charge is 2.12. The van der Waals surface area contributed by atoms with Gasteiger partial charge in [0.2, 0.25) is 0 Å². The minimum Gasteiger partial charge on any atom is -0.432 e. The van der Waals surface area contributed by atoms with Gasteiger partial charge in [-0.05, 0) is 6.92 Å². The zero-order valence-corrected chi connectivity index (χ0v) is 12.6. The van der Waals surface area contributed by atoms with E-state index in [0.717, 1.165) is 24.5 Å². The number of anilines is 1. The first-order valence-corrected chi connectivity index (χ1v) is 7.22. The second kappa shape index (κ2) is 6.16. The molecule has 2 aromatic heterocycles. The Labute approximate surface area is 117 Å². The molecule has 19 heavy (non-hydrogen) atoms. The van der Waals surface area contributed by atoms with E-state index in [2.05, 4.69) is 29.1 Å². The van der Waals surface area contributed by atoms with Crippen molar-refractivity contribution in [3.05, 3.63) is 28.0 Å². The molecule has 0 unspecified atom stereocenters. The van der Waals surface area contributed by atoms with Gasteiger partial charge in [-0.3, -0.25) is 0 Å². The molecule has 0 aliphatic rings. The van der Waals surface area contributed by atoms with Crippen molar-refractivity contribution in [2.24, 2.45) is 0 Å². The first-order valence-electron chi connectivity index (χ1n) is 6.34. The summed E-state index contributed by atoms with van der Waals surface area (Å²) in [4.78, 5) is 12.0. The molecule has 2 rings (SSSR count). The highest BCUT2D eigenvalue weighted by molar-refractivity contribution is 7.09. The molecule has 0 aromatic carbocycles. The van der Waals surface area contributed by atoms with E-state index in [9.17, 15) is 0 Å². The Morgan fingerprint density at radius 3 is 2.89 bits per heavy atom. The van der Waals surface area contributed by atoms with Crippen molar-refractivity contribution >= 4 is 17.4 Å². The molecule has 0 saturated carbocycles. The minimum absolute atomic E-state index is 0.442. The Morgan fingerprint density at radius 2 is 2.26 bits per heavy atom. The van der Waals surface area contributed by atoms with Crippen molar-refractivity contribution in [3.63, 3.8) is 0 Å².